The third kappa shape index (κ3) is 5.23. The molecule has 0 aromatic heterocycles. The SMILES string of the molecule is Cl.O=C(CC1CC2CCC(C1)N2)N(CCc1cccc(F)c1)C1CCCC1. The molecule has 2 saturated heterocycles. The van der Waals surface area contributed by atoms with Gasteiger partial charge in [-0.15, -0.1) is 12.4 Å². The van der Waals surface area contributed by atoms with E-state index in [0.29, 0.717) is 36.4 Å². The topological polar surface area (TPSA) is 32.3 Å². The molecule has 0 spiro atoms. The molecular formula is C22H32ClFN2O. The van der Waals surface area contributed by atoms with Crippen molar-refractivity contribution in [2.24, 2.45) is 5.92 Å². The minimum absolute atomic E-state index is 0. The first-order chi connectivity index (χ1) is 12.7. The maximum Gasteiger partial charge on any atom is 0.223 e. The zero-order valence-corrected chi connectivity index (χ0v) is 16.9. The van der Waals surface area contributed by atoms with Crippen LogP contribution in [0.3, 0.4) is 0 Å². The normalized spacial score (nSPS) is 27.4. The smallest absolute Gasteiger partial charge is 0.223 e. The molecule has 2 aliphatic heterocycles. The van der Waals surface area contributed by atoms with Crippen LogP contribution < -0.4 is 5.32 Å². The Bertz CT molecular complexity index is 622. The first-order valence-electron chi connectivity index (χ1n) is 10.5. The Morgan fingerprint density at radius 1 is 1.11 bits per heavy atom. The number of carbonyl (C=O) groups excluding carboxylic acids is 1. The maximum atomic E-state index is 13.5. The molecule has 3 nitrogen and oxygen atoms in total. The quantitative estimate of drug-likeness (QED) is 0.771. The van der Waals surface area contributed by atoms with Crippen LogP contribution in [0.4, 0.5) is 4.39 Å². The van der Waals surface area contributed by atoms with Crippen molar-refractivity contribution in [2.75, 3.05) is 6.54 Å². The molecule has 2 unspecified atom stereocenters. The van der Waals surface area contributed by atoms with E-state index in [1.807, 2.05) is 6.07 Å². The van der Waals surface area contributed by atoms with E-state index in [1.165, 1.54) is 31.7 Å². The number of fused-ring (bicyclic) bond motifs is 2. The van der Waals surface area contributed by atoms with Crippen LogP contribution in [-0.2, 0) is 11.2 Å². The second-order valence-corrected chi connectivity index (χ2v) is 8.58. The lowest BCUT2D eigenvalue weighted by Crippen LogP contribution is -2.43. The molecule has 3 aliphatic rings. The molecule has 3 fully saturated rings. The summed E-state index contributed by atoms with van der Waals surface area (Å²) in [6, 6.07) is 8.48. The van der Waals surface area contributed by atoms with Gasteiger partial charge in [-0.1, -0.05) is 25.0 Å². The Morgan fingerprint density at radius 3 is 2.48 bits per heavy atom. The number of halogens is 2. The fourth-order valence-electron chi connectivity index (χ4n) is 5.37. The van der Waals surface area contributed by atoms with Gasteiger partial charge < -0.3 is 10.2 Å². The second-order valence-electron chi connectivity index (χ2n) is 8.58. The largest absolute Gasteiger partial charge is 0.339 e. The van der Waals surface area contributed by atoms with E-state index in [0.717, 1.165) is 44.2 Å². The summed E-state index contributed by atoms with van der Waals surface area (Å²) in [5.41, 5.74) is 0.987. The van der Waals surface area contributed by atoms with Gasteiger partial charge in [0.2, 0.25) is 5.91 Å². The van der Waals surface area contributed by atoms with E-state index in [-0.39, 0.29) is 18.2 Å². The van der Waals surface area contributed by atoms with Crippen molar-refractivity contribution in [1.82, 2.24) is 10.2 Å². The first kappa shape index (κ1) is 20.6. The third-order valence-electron chi connectivity index (χ3n) is 6.65. The predicted octanol–water partition coefficient (Wildman–Crippen LogP) is 4.48. The Hall–Kier alpha value is -1.13. The molecular weight excluding hydrogens is 363 g/mol. The van der Waals surface area contributed by atoms with Gasteiger partial charge in [0.1, 0.15) is 5.82 Å². The molecule has 5 heteroatoms. The first-order valence-corrected chi connectivity index (χ1v) is 10.5. The highest BCUT2D eigenvalue weighted by Gasteiger charge is 2.35. The van der Waals surface area contributed by atoms with Crippen molar-refractivity contribution < 1.29 is 9.18 Å². The zero-order chi connectivity index (χ0) is 17.9. The van der Waals surface area contributed by atoms with Crippen LogP contribution in [0.5, 0.6) is 0 Å². The van der Waals surface area contributed by atoms with E-state index >= 15 is 0 Å². The molecule has 2 atom stereocenters. The van der Waals surface area contributed by atoms with E-state index in [4.69, 9.17) is 0 Å². The maximum absolute atomic E-state index is 13.5. The molecule has 2 heterocycles. The summed E-state index contributed by atoms with van der Waals surface area (Å²) in [6.07, 6.45) is 11.0. The van der Waals surface area contributed by atoms with Crippen LogP contribution in [0, 0.1) is 11.7 Å². The van der Waals surface area contributed by atoms with Gasteiger partial charge in [-0.05, 0) is 68.6 Å². The average molecular weight is 395 g/mol. The number of amides is 1. The van der Waals surface area contributed by atoms with Crippen molar-refractivity contribution >= 4 is 18.3 Å². The van der Waals surface area contributed by atoms with Gasteiger partial charge in [0.15, 0.2) is 0 Å². The summed E-state index contributed by atoms with van der Waals surface area (Å²) in [7, 11) is 0. The highest BCUT2D eigenvalue weighted by molar-refractivity contribution is 5.85. The lowest BCUT2D eigenvalue weighted by Gasteiger charge is -2.33. The van der Waals surface area contributed by atoms with Gasteiger partial charge in [-0.2, -0.15) is 0 Å². The van der Waals surface area contributed by atoms with Crippen molar-refractivity contribution in [3.8, 4) is 0 Å². The molecule has 150 valence electrons. The number of benzene rings is 1. The van der Waals surface area contributed by atoms with Gasteiger partial charge in [0, 0.05) is 31.1 Å². The summed E-state index contributed by atoms with van der Waals surface area (Å²) in [5.74, 6) is 0.686. The van der Waals surface area contributed by atoms with E-state index in [2.05, 4.69) is 10.2 Å². The van der Waals surface area contributed by atoms with Gasteiger partial charge >= 0.3 is 0 Å². The predicted molar refractivity (Wildman–Crippen MR) is 109 cm³/mol. The number of hydrogen-bond acceptors (Lipinski definition) is 2. The van der Waals surface area contributed by atoms with Gasteiger partial charge in [0.05, 0.1) is 0 Å². The van der Waals surface area contributed by atoms with Crippen LogP contribution in [-0.4, -0.2) is 35.5 Å². The Morgan fingerprint density at radius 2 is 1.81 bits per heavy atom. The number of nitrogens with zero attached hydrogens (tertiary/aromatic N) is 1. The standard InChI is InChI=1S/C22H31FN2O.ClH/c23-18-5-3-4-16(12-18)10-11-25(21-6-1-2-7-21)22(26)15-17-13-19-8-9-20(14-17)24-19;/h3-5,12,17,19-21,24H,1-2,6-11,13-15H2;1H. The van der Waals surface area contributed by atoms with Gasteiger partial charge in [0.25, 0.3) is 0 Å². The van der Waals surface area contributed by atoms with Crippen LogP contribution in [0.2, 0.25) is 0 Å². The third-order valence-corrected chi connectivity index (χ3v) is 6.65. The molecule has 1 aromatic carbocycles. The molecule has 4 rings (SSSR count). The molecule has 27 heavy (non-hydrogen) atoms. The molecule has 1 amide bonds. The van der Waals surface area contributed by atoms with Crippen LogP contribution in [0.15, 0.2) is 24.3 Å². The molecule has 1 aromatic rings. The summed E-state index contributed by atoms with van der Waals surface area (Å²) < 4.78 is 13.5. The number of piperidine rings is 1. The van der Waals surface area contributed by atoms with Crippen molar-refractivity contribution in [3.63, 3.8) is 0 Å². The Kier molecular flexibility index (Phi) is 7.16. The summed E-state index contributed by atoms with van der Waals surface area (Å²) >= 11 is 0. The van der Waals surface area contributed by atoms with Crippen LogP contribution in [0.1, 0.15) is 63.4 Å². The van der Waals surface area contributed by atoms with E-state index in [9.17, 15) is 9.18 Å². The minimum atomic E-state index is -0.188. The molecule has 1 saturated carbocycles. The molecule has 1 N–H and O–H groups in total. The lowest BCUT2D eigenvalue weighted by molar-refractivity contribution is -0.134. The number of nitrogens with one attached hydrogen (secondary N) is 1. The zero-order valence-electron chi connectivity index (χ0n) is 16.0. The van der Waals surface area contributed by atoms with Crippen LogP contribution >= 0.6 is 12.4 Å². The van der Waals surface area contributed by atoms with Crippen molar-refractivity contribution in [1.29, 1.82) is 0 Å². The van der Waals surface area contributed by atoms with Gasteiger partial charge in [-0.25, -0.2) is 4.39 Å². The average Bonchev–Trinajstić information content (AvgIpc) is 3.25. The molecule has 0 radical (unpaired) electrons. The van der Waals surface area contributed by atoms with Crippen LogP contribution in [0.25, 0.3) is 0 Å². The number of rotatable bonds is 6. The molecule has 2 bridgehead atoms. The minimum Gasteiger partial charge on any atom is -0.339 e. The second kappa shape index (κ2) is 9.38. The summed E-state index contributed by atoms with van der Waals surface area (Å²) in [4.78, 5) is 15.3. The van der Waals surface area contributed by atoms with Crippen molar-refractivity contribution in [2.45, 2.75) is 82.3 Å². The fraction of sp³-hybridized carbons (Fsp3) is 0.682. The summed E-state index contributed by atoms with van der Waals surface area (Å²) in [5, 5.41) is 3.67. The summed E-state index contributed by atoms with van der Waals surface area (Å²) in [6.45, 7) is 0.727. The highest BCUT2D eigenvalue weighted by Crippen LogP contribution is 2.34. The highest BCUT2D eigenvalue weighted by atomic mass is 35.5. The Labute approximate surface area is 168 Å². The van der Waals surface area contributed by atoms with E-state index in [1.54, 1.807) is 12.1 Å². The molecule has 1 aliphatic carbocycles. The van der Waals surface area contributed by atoms with E-state index < -0.39 is 0 Å². The number of hydrogen-bond donors (Lipinski definition) is 1. The monoisotopic (exact) mass is 394 g/mol. The van der Waals surface area contributed by atoms with Gasteiger partial charge in [-0.3, -0.25) is 4.79 Å². The number of carbonyl (C=O) groups is 1. The van der Waals surface area contributed by atoms with Crippen molar-refractivity contribution in [3.05, 3.63) is 35.6 Å². The Balaban J connectivity index is 0.00000210. The lowest BCUT2D eigenvalue weighted by atomic mass is 9.89. The fourth-order valence-corrected chi connectivity index (χ4v) is 5.37.